The molecule has 4 heteroatoms. The monoisotopic (exact) mass is 365 g/mol. The highest BCUT2D eigenvalue weighted by atomic mass is 16.5. The first kappa shape index (κ1) is 18.2. The number of ketones is 1. The molecule has 1 aliphatic carbocycles. The molecule has 1 fully saturated rings. The van der Waals surface area contributed by atoms with Crippen LogP contribution in [0.15, 0.2) is 47.3 Å². The number of nitrogens with zero attached hydrogens (tertiary/aromatic N) is 1. The molecule has 4 rings (SSSR count). The van der Waals surface area contributed by atoms with E-state index < -0.39 is 6.04 Å². The van der Waals surface area contributed by atoms with Crippen LogP contribution in [0.5, 0.6) is 0 Å². The number of fused-ring (bicyclic) bond motifs is 1. The van der Waals surface area contributed by atoms with Crippen LogP contribution in [-0.4, -0.2) is 23.1 Å². The molecule has 27 heavy (non-hydrogen) atoms. The van der Waals surface area contributed by atoms with E-state index in [1.165, 1.54) is 5.56 Å². The lowest BCUT2D eigenvalue weighted by molar-refractivity contribution is -0.126. The van der Waals surface area contributed by atoms with Gasteiger partial charge in [-0.2, -0.15) is 0 Å². The molecule has 0 spiro atoms. The lowest BCUT2D eigenvalue weighted by Crippen LogP contribution is -2.40. The molecule has 0 radical (unpaired) electrons. The van der Waals surface area contributed by atoms with Crippen molar-refractivity contribution in [2.45, 2.75) is 63.5 Å². The van der Waals surface area contributed by atoms with Crippen molar-refractivity contribution in [3.8, 4) is 0 Å². The summed E-state index contributed by atoms with van der Waals surface area (Å²) in [7, 11) is 0. The molecule has 0 amide bonds. The van der Waals surface area contributed by atoms with Crippen LogP contribution >= 0.6 is 0 Å². The molecule has 0 N–H and O–H groups in total. The second-order valence-electron chi connectivity index (χ2n) is 7.88. The summed E-state index contributed by atoms with van der Waals surface area (Å²) < 4.78 is 7.83. The summed E-state index contributed by atoms with van der Waals surface area (Å²) in [6.07, 6.45) is 5.58. The van der Waals surface area contributed by atoms with Gasteiger partial charge in [-0.25, -0.2) is 0 Å². The van der Waals surface area contributed by atoms with Gasteiger partial charge in [-0.05, 0) is 56.6 Å². The molecule has 1 unspecified atom stereocenters. The Morgan fingerprint density at radius 3 is 2.44 bits per heavy atom. The maximum Gasteiger partial charge on any atom is 0.254 e. The van der Waals surface area contributed by atoms with Crippen molar-refractivity contribution in [1.29, 1.82) is 0 Å². The number of ether oxygens (including phenoxy) is 1. The maximum atomic E-state index is 12.6. The van der Waals surface area contributed by atoms with E-state index in [0.717, 1.165) is 31.4 Å². The largest absolute Gasteiger partial charge is 0.376 e. The van der Waals surface area contributed by atoms with Crippen LogP contribution in [-0.2, 0) is 16.0 Å². The second kappa shape index (κ2) is 7.81. The van der Waals surface area contributed by atoms with Crippen molar-refractivity contribution < 1.29 is 9.53 Å². The van der Waals surface area contributed by atoms with Crippen LogP contribution in [0.3, 0.4) is 0 Å². The van der Waals surface area contributed by atoms with Crippen LogP contribution in [0.25, 0.3) is 0 Å². The summed E-state index contributed by atoms with van der Waals surface area (Å²) in [6.45, 7) is 2.12. The van der Waals surface area contributed by atoms with Gasteiger partial charge >= 0.3 is 0 Å². The number of Topliss-reactive ketones (excluding diaryl/α,β-unsaturated/α-hetero) is 1. The Balaban J connectivity index is 1.40. The van der Waals surface area contributed by atoms with E-state index in [1.807, 2.05) is 12.1 Å². The van der Waals surface area contributed by atoms with Gasteiger partial charge in [-0.3, -0.25) is 14.2 Å². The molecule has 2 heterocycles. The SMILES string of the molecule is Cc1ccc2n(c1=O)C(COC1CCC(c3ccccc3)CC1)C(=O)CC2. The average Bonchev–Trinajstić information content (AvgIpc) is 2.71. The van der Waals surface area contributed by atoms with Crippen LogP contribution in [0.2, 0.25) is 0 Å². The predicted molar refractivity (Wildman–Crippen MR) is 105 cm³/mol. The number of aryl methyl sites for hydroxylation is 2. The van der Waals surface area contributed by atoms with Crippen molar-refractivity contribution in [2.24, 2.45) is 0 Å². The second-order valence-corrected chi connectivity index (χ2v) is 7.88. The average molecular weight is 365 g/mol. The van der Waals surface area contributed by atoms with Gasteiger partial charge in [0.05, 0.1) is 12.7 Å². The van der Waals surface area contributed by atoms with Gasteiger partial charge in [-0.1, -0.05) is 36.4 Å². The molecular weight excluding hydrogens is 338 g/mol. The zero-order chi connectivity index (χ0) is 18.8. The number of carbonyl (C=O) groups is 1. The minimum absolute atomic E-state index is 0.0538. The van der Waals surface area contributed by atoms with Crippen molar-refractivity contribution >= 4 is 5.78 Å². The van der Waals surface area contributed by atoms with Gasteiger partial charge in [0, 0.05) is 17.7 Å². The quantitative estimate of drug-likeness (QED) is 0.824. The summed E-state index contributed by atoms with van der Waals surface area (Å²) in [4.78, 5) is 25.1. The zero-order valence-corrected chi connectivity index (χ0v) is 15.9. The van der Waals surface area contributed by atoms with Crippen LogP contribution in [0.4, 0.5) is 0 Å². The third-order valence-corrected chi connectivity index (χ3v) is 6.14. The van der Waals surface area contributed by atoms with Crippen molar-refractivity contribution in [3.05, 3.63) is 69.6 Å². The highest BCUT2D eigenvalue weighted by Gasteiger charge is 2.30. The minimum Gasteiger partial charge on any atom is -0.376 e. The van der Waals surface area contributed by atoms with Gasteiger partial charge in [0.1, 0.15) is 6.04 Å². The Morgan fingerprint density at radius 2 is 1.70 bits per heavy atom. The molecule has 1 saturated carbocycles. The number of hydrogen-bond acceptors (Lipinski definition) is 3. The number of aromatic nitrogens is 1. The number of benzene rings is 1. The van der Waals surface area contributed by atoms with Crippen molar-refractivity contribution in [3.63, 3.8) is 0 Å². The number of pyridine rings is 1. The molecular formula is C23H27NO3. The topological polar surface area (TPSA) is 48.3 Å². The van der Waals surface area contributed by atoms with Crippen LogP contribution in [0.1, 0.15) is 60.9 Å². The smallest absolute Gasteiger partial charge is 0.254 e. The fraction of sp³-hybridized carbons (Fsp3) is 0.478. The van der Waals surface area contributed by atoms with Gasteiger partial charge in [0.15, 0.2) is 5.78 Å². The maximum absolute atomic E-state index is 12.6. The van der Waals surface area contributed by atoms with Gasteiger partial charge in [0.25, 0.3) is 5.56 Å². The molecule has 1 aromatic carbocycles. The molecule has 2 aliphatic rings. The van der Waals surface area contributed by atoms with Gasteiger partial charge < -0.3 is 4.74 Å². The van der Waals surface area contributed by atoms with E-state index in [1.54, 1.807) is 11.5 Å². The first-order chi connectivity index (χ1) is 13.1. The van der Waals surface area contributed by atoms with Crippen LogP contribution < -0.4 is 5.56 Å². The molecule has 1 aliphatic heterocycles. The Labute approximate surface area is 160 Å². The number of hydrogen-bond donors (Lipinski definition) is 0. The van der Waals surface area contributed by atoms with Gasteiger partial charge in [-0.15, -0.1) is 0 Å². The van der Waals surface area contributed by atoms with E-state index in [-0.39, 0.29) is 17.4 Å². The summed E-state index contributed by atoms with van der Waals surface area (Å²) in [5.74, 6) is 0.724. The Hall–Kier alpha value is -2.20. The Kier molecular flexibility index (Phi) is 5.26. The number of carbonyl (C=O) groups excluding carboxylic acids is 1. The molecule has 1 atom stereocenters. The number of rotatable bonds is 4. The van der Waals surface area contributed by atoms with Crippen molar-refractivity contribution in [1.82, 2.24) is 4.57 Å². The summed E-state index contributed by atoms with van der Waals surface area (Å²) in [5.41, 5.74) is 2.99. The third kappa shape index (κ3) is 3.77. The standard InChI is InChI=1S/C23H27NO3/c1-16-7-10-19-11-14-22(25)21(24(19)23(16)26)15-27-20-12-8-18(9-13-20)17-5-3-2-4-6-17/h2-7,10,18,20-21H,8-9,11-15H2,1H3. The Bertz CT molecular complexity index is 863. The van der Waals surface area contributed by atoms with E-state index in [0.29, 0.717) is 30.9 Å². The first-order valence-corrected chi connectivity index (χ1v) is 10.0. The zero-order valence-electron chi connectivity index (χ0n) is 15.9. The molecule has 1 aromatic heterocycles. The minimum atomic E-state index is -0.465. The molecule has 0 saturated heterocycles. The lowest BCUT2D eigenvalue weighted by Gasteiger charge is -2.32. The highest BCUT2D eigenvalue weighted by molar-refractivity contribution is 5.84. The Morgan fingerprint density at radius 1 is 0.963 bits per heavy atom. The fourth-order valence-electron chi connectivity index (χ4n) is 4.48. The first-order valence-electron chi connectivity index (χ1n) is 10.0. The third-order valence-electron chi connectivity index (χ3n) is 6.14. The lowest BCUT2D eigenvalue weighted by atomic mass is 9.83. The van der Waals surface area contributed by atoms with E-state index in [4.69, 9.17) is 4.74 Å². The fourth-order valence-corrected chi connectivity index (χ4v) is 4.48. The van der Waals surface area contributed by atoms with Crippen LogP contribution in [0, 0.1) is 6.92 Å². The predicted octanol–water partition coefficient (Wildman–Crippen LogP) is 3.96. The molecule has 2 aromatic rings. The molecule has 0 bridgehead atoms. The summed E-state index contributed by atoms with van der Waals surface area (Å²) in [6, 6.07) is 14.0. The van der Waals surface area contributed by atoms with E-state index >= 15 is 0 Å². The molecule has 4 nitrogen and oxygen atoms in total. The van der Waals surface area contributed by atoms with Gasteiger partial charge in [0.2, 0.25) is 0 Å². The van der Waals surface area contributed by atoms with E-state index in [9.17, 15) is 9.59 Å². The normalized spacial score (nSPS) is 25.2. The highest BCUT2D eigenvalue weighted by Crippen LogP contribution is 2.34. The van der Waals surface area contributed by atoms with E-state index in [2.05, 4.69) is 30.3 Å². The van der Waals surface area contributed by atoms with Crippen molar-refractivity contribution in [2.75, 3.05) is 6.61 Å². The summed E-state index contributed by atoms with van der Waals surface area (Å²) >= 11 is 0. The summed E-state index contributed by atoms with van der Waals surface area (Å²) in [5, 5.41) is 0. The molecule has 142 valence electrons.